The monoisotopic (exact) mass is 855 g/mol. The summed E-state index contributed by atoms with van der Waals surface area (Å²) in [6.45, 7) is 9.12. The molecule has 4 aliphatic rings. The molecule has 15 heteroatoms. The minimum atomic E-state index is -0.360. The van der Waals surface area contributed by atoms with E-state index in [1.54, 1.807) is 0 Å². The van der Waals surface area contributed by atoms with Crippen LogP contribution in [-0.4, -0.2) is 95.9 Å². The number of nitrogens with zero attached hydrogens (tertiary/aromatic N) is 8. The molecular weight excluding hydrogens is 795 g/mol. The zero-order valence-electron chi connectivity index (χ0n) is 36.7. The smallest absolute Gasteiger partial charge is 0.249 e. The van der Waals surface area contributed by atoms with Crippen LogP contribution in [0.1, 0.15) is 144 Å². The number of amides is 3. The zero-order chi connectivity index (χ0) is 43.5. The summed E-state index contributed by atoms with van der Waals surface area (Å²) in [7, 11) is 0. The van der Waals surface area contributed by atoms with E-state index in [4.69, 9.17) is 20.2 Å². The van der Waals surface area contributed by atoms with Crippen molar-refractivity contribution in [1.82, 2.24) is 44.8 Å². The molecule has 0 bridgehead atoms. The lowest BCUT2D eigenvalue weighted by Gasteiger charge is -2.32. The van der Waals surface area contributed by atoms with E-state index in [2.05, 4.69) is 78.2 Å². The van der Waals surface area contributed by atoms with Crippen molar-refractivity contribution < 1.29 is 18.9 Å². The fourth-order valence-electron chi connectivity index (χ4n) is 9.82. The second-order valence-electron chi connectivity index (χ2n) is 18.4. The van der Waals surface area contributed by atoms with Crippen LogP contribution >= 0.6 is 0 Å². The van der Waals surface area contributed by atoms with Gasteiger partial charge in [0.1, 0.15) is 29.5 Å². The summed E-state index contributed by atoms with van der Waals surface area (Å²) in [5.41, 5.74) is 12.9. The Morgan fingerprint density at radius 2 is 1.54 bits per heavy atom. The summed E-state index contributed by atoms with van der Waals surface area (Å²) >= 11 is 0. The molecule has 4 fully saturated rings. The van der Waals surface area contributed by atoms with Gasteiger partial charge in [-0.1, -0.05) is 36.6 Å². The minimum Gasteiger partial charge on any atom is -0.383 e. The molecule has 1 aromatic carbocycles. The van der Waals surface area contributed by atoms with Gasteiger partial charge in [-0.25, -0.2) is 19.9 Å². The van der Waals surface area contributed by atoms with Crippen molar-refractivity contribution in [3.8, 4) is 22.6 Å². The number of imide groups is 1. The Kier molecular flexibility index (Phi) is 12.8. The SMILES string of the molecule is CC(C)n1cc(-c2noc(C3CC3)c2-c2ncc(C3CCN(C(=O)CCCCCCCN4CCC(c5ccc(NC6CCC(=O)NC6=O)cc5)CC4)CC3)cn2)c2c(N)ncnc21. The van der Waals surface area contributed by atoms with Crippen LogP contribution in [0.2, 0.25) is 0 Å². The molecule has 5 aromatic rings. The Balaban J connectivity index is 0.680. The second kappa shape index (κ2) is 19.0. The zero-order valence-corrected chi connectivity index (χ0v) is 36.7. The van der Waals surface area contributed by atoms with E-state index in [1.807, 2.05) is 18.6 Å². The fraction of sp³-hybridized carbons (Fsp3) is 0.542. The number of fused-ring (bicyclic) bond motifs is 1. The van der Waals surface area contributed by atoms with Crippen molar-refractivity contribution in [1.29, 1.82) is 0 Å². The number of hydrogen-bond acceptors (Lipinski definition) is 12. The van der Waals surface area contributed by atoms with Gasteiger partial charge in [-0.3, -0.25) is 19.7 Å². The largest absolute Gasteiger partial charge is 0.383 e. The number of nitrogen functional groups attached to an aromatic ring is 1. The Morgan fingerprint density at radius 3 is 2.25 bits per heavy atom. The van der Waals surface area contributed by atoms with E-state index in [0.717, 1.165) is 123 Å². The molecule has 1 aliphatic carbocycles. The number of nitrogens with one attached hydrogen (secondary N) is 2. The Hall–Kier alpha value is -5.70. The Morgan fingerprint density at radius 1 is 0.841 bits per heavy atom. The molecule has 15 nitrogen and oxygen atoms in total. The number of anilines is 2. The summed E-state index contributed by atoms with van der Waals surface area (Å²) < 4.78 is 8.09. The van der Waals surface area contributed by atoms with E-state index >= 15 is 0 Å². The van der Waals surface area contributed by atoms with Gasteiger partial charge in [0.05, 0.1) is 10.9 Å². The highest BCUT2D eigenvalue weighted by atomic mass is 16.5. The summed E-state index contributed by atoms with van der Waals surface area (Å²) in [4.78, 5) is 60.0. The first-order chi connectivity index (χ1) is 30.7. The van der Waals surface area contributed by atoms with Crippen LogP contribution < -0.4 is 16.4 Å². The number of carbonyl (C=O) groups is 3. The third kappa shape index (κ3) is 9.63. The third-order valence-corrected chi connectivity index (χ3v) is 13.7. The average molecular weight is 856 g/mol. The van der Waals surface area contributed by atoms with Gasteiger partial charge in [0, 0.05) is 67.7 Å². The highest BCUT2D eigenvalue weighted by Crippen LogP contribution is 2.48. The maximum absolute atomic E-state index is 13.2. The Labute approximate surface area is 369 Å². The third-order valence-electron chi connectivity index (χ3n) is 13.7. The van der Waals surface area contributed by atoms with E-state index < -0.39 is 0 Å². The molecule has 1 saturated carbocycles. The molecular formula is C48H61N11O4. The first kappa shape index (κ1) is 42.6. The predicted molar refractivity (Wildman–Crippen MR) is 242 cm³/mol. The minimum absolute atomic E-state index is 0.160. The summed E-state index contributed by atoms with van der Waals surface area (Å²) in [6, 6.07) is 8.28. The van der Waals surface area contributed by atoms with Crippen LogP contribution in [0.15, 0.2) is 53.7 Å². The standard InChI is InChI=1S/C48H61N11O4/c1-30(2)59-28-37(41-45(49)52-29-53-47(41)59)43-42(44(63-56-43)34-9-10-34)46-50-26-35(27-51-46)33-19-24-58(25-20-33)40(61)8-6-4-3-5-7-21-57-22-17-32(18-23-57)31-11-13-36(14-12-31)54-38-15-16-39(60)55-48(38)62/h11-14,26-30,32-34,38,54H,3-10,15-25H2,1-2H3,(H2,49,52,53)(H,55,60,62). The van der Waals surface area contributed by atoms with E-state index in [0.29, 0.717) is 54.4 Å². The topological polar surface area (TPSA) is 190 Å². The molecule has 0 radical (unpaired) electrons. The van der Waals surface area contributed by atoms with E-state index in [1.165, 1.54) is 31.2 Å². The molecule has 7 heterocycles. The first-order valence-electron chi connectivity index (χ1n) is 23.3. The van der Waals surface area contributed by atoms with Crippen molar-refractivity contribution in [2.45, 2.75) is 134 Å². The average Bonchev–Trinajstić information content (AvgIpc) is 3.92. The van der Waals surface area contributed by atoms with Crippen LogP contribution in [0.5, 0.6) is 0 Å². The lowest BCUT2D eigenvalue weighted by Crippen LogP contribution is -2.47. The first-order valence-corrected chi connectivity index (χ1v) is 23.3. The van der Waals surface area contributed by atoms with Crippen molar-refractivity contribution >= 4 is 40.3 Å². The van der Waals surface area contributed by atoms with Crippen LogP contribution in [0.25, 0.3) is 33.7 Å². The highest BCUT2D eigenvalue weighted by Gasteiger charge is 2.36. The number of aromatic nitrogens is 6. The highest BCUT2D eigenvalue weighted by molar-refractivity contribution is 6.03. The van der Waals surface area contributed by atoms with Gasteiger partial charge in [0.25, 0.3) is 0 Å². The number of unbranched alkanes of at least 4 members (excludes halogenated alkanes) is 4. The number of benzene rings is 1. The number of nitrogens with two attached hydrogens (primary N) is 1. The molecule has 1 unspecified atom stereocenters. The van der Waals surface area contributed by atoms with Gasteiger partial charge in [0.15, 0.2) is 11.6 Å². The Bertz CT molecular complexity index is 2390. The van der Waals surface area contributed by atoms with E-state index in [9.17, 15) is 14.4 Å². The maximum Gasteiger partial charge on any atom is 0.249 e. The lowest BCUT2D eigenvalue weighted by molar-refractivity contribution is -0.134. The normalized spacial score (nSPS) is 19.3. The summed E-state index contributed by atoms with van der Waals surface area (Å²) in [5, 5.41) is 11.0. The van der Waals surface area contributed by atoms with Crippen LogP contribution in [0, 0.1) is 0 Å². The molecule has 332 valence electrons. The lowest BCUT2D eigenvalue weighted by atomic mass is 9.89. The molecule has 0 spiro atoms. The molecule has 4 aromatic heterocycles. The second-order valence-corrected chi connectivity index (χ2v) is 18.4. The van der Waals surface area contributed by atoms with Crippen molar-refractivity contribution in [3.05, 3.63) is 66.1 Å². The van der Waals surface area contributed by atoms with Gasteiger partial charge in [-0.05, 0) is 126 Å². The van der Waals surface area contributed by atoms with Crippen LogP contribution in [0.4, 0.5) is 11.5 Å². The molecule has 63 heavy (non-hydrogen) atoms. The quantitative estimate of drug-likeness (QED) is 0.0648. The van der Waals surface area contributed by atoms with Gasteiger partial charge < -0.3 is 29.9 Å². The van der Waals surface area contributed by atoms with Crippen molar-refractivity contribution in [2.75, 3.05) is 43.8 Å². The number of likely N-dealkylation sites (tertiary alicyclic amines) is 2. The van der Waals surface area contributed by atoms with Crippen molar-refractivity contribution in [3.63, 3.8) is 0 Å². The predicted octanol–water partition coefficient (Wildman–Crippen LogP) is 7.73. The van der Waals surface area contributed by atoms with Crippen LogP contribution in [-0.2, 0) is 14.4 Å². The molecule has 3 saturated heterocycles. The van der Waals surface area contributed by atoms with Crippen molar-refractivity contribution in [2.24, 2.45) is 0 Å². The molecule has 9 rings (SSSR count). The maximum atomic E-state index is 13.2. The molecule has 4 N–H and O–H groups in total. The van der Waals surface area contributed by atoms with Crippen LogP contribution in [0.3, 0.4) is 0 Å². The molecule has 1 atom stereocenters. The van der Waals surface area contributed by atoms with Gasteiger partial charge in [-0.2, -0.15) is 0 Å². The number of hydrogen-bond donors (Lipinski definition) is 3. The van der Waals surface area contributed by atoms with E-state index in [-0.39, 0.29) is 29.8 Å². The summed E-state index contributed by atoms with van der Waals surface area (Å²) in [5.74, 6) is 2.82. The van der Waals surface area contributed by atoms with Gasteiger partial charge in [-0.15, -0.1) is 0 Å². The molecule has 3 amide bonds. The number of carbonyl (C=O) groups excluding carboxylic acids is 3. The number of piperidine rings is 3. The molecule has 3 aliphatic heterocycles. The van der Waals surface area contributed by atoms with Gasteiger partial charge >= 0.3 is 0 Å². The fourth-order valence-corrected chi connectivity index (χ4v) is 9.82. The number of rotatable bonds is 16. The summed E-state index contributed by atoms with van der Waals surface area (Å²) in [6.07, 6.45) is 20.8. The van der Waals surface area contributed by atoms with Gasteiger partial charge in [0.2, 0.25) is 17.7 Å².